The molecular weight excluding hydrogens is 756 g/mol. The van der Waals surface area contributed by atoms with Crippen LogP contribution in [0.15, 0.2) is 89.8 Å². The van der Waals surface area contributed by atoms with Crippen molar-refractivity contribution in [1.82, 2.24) is 13.9 Å². The minimum atomic E-state index is -5.08. The summed E-state index contributed by atoms with van der Waals surface area (Å²) in [6, 6.07) is 29.1. The number of aliphatic carboxylic acids is 1. The Bertz CT molecular complexity index is 1950. The lowest BCUT2D eigenvalue weighted by molar-refractivity contribution is -0.192. The summed E-state index contributed by atoms with van der Waals surface area (Å²) in [6.07, 6.45) is 0.218. The number of carboxylic acid groups (broad SMARTS) is 1. The van der Waals surface area contributed by atoms with Crippen LogP contribution in [-0.4, -0.2) is 57.5 Å². The van der Waals surface area contributed by atoms with E-state index in [9.17, 15) is 18.0 Å². The summed E-state index contributed by atoms with van der Waals surface area (Å²) < 4.78 is 36.7. The molecule has 1 saturated heterocycles. The zero-order valence-corrected chi connectivity index (χ0v) is 31.1. The van der Waals surface area contributed by atoms with E-state index >= 15 is 0 Å². The predicted molar refractivity (Wildman–Crippen MR) is 202 cm³/mol. The third kappa shape index (κ3) is 9.69. The van der Waals surface area contributed by atoms with Crippen LogP contribution < -0.4 is 5.73 Å². The van der Waals surface area contributed by atoms with Gasteiger partial charge in [0, 0.05) is 51.5 Å². The van der Waals surface area contributed by atoms with E-state index in [0.717, 1.165) is 52.7 Å². The molecule has 52 heavy (non-hydrogen) atoms. The number of fused-ring (bicyclic) bond motifs is 1. The maximum absolute atomic E-state index is 11.2. The molecule has 0 spiro atoms. The number of carboxylic acids is 1. The second-order valence-electron chi connectivity index (χ2n) is 12.3. The molecule has 3 N–H and O–H groups in total. The van der Waals surface area contributed by atoms with Crippen molar-refractivity contribution in [1.29, 1.82) is 0 Å². The fourth-order valence-corrected chi connectivity index (χ4v) is 7.74. The summed E-state index contributed by atoms with van der Waals surface area (Å²) in [6.45, 7) is 1.92. The monoisotopic (exact) mass is 790 g/mol. The third-order valence-electron chi connectivity index (χ3n) is 8.79. The zero-order valence-electron chi connectivity index (χ0n) is 28.0. The highest BCUT2D eigenvalue weighted by atomic mass is 35.5. The smallest absolute Gasteiger partial charge is 0.475 e. The number of aldehydes is 1. The van der Waals surface area contributed by atoms with Crippen molar-refractivity contribution >= 4 is 70.0 Å². The van der Waals surface area contributed by atoms with E-state index in [-0.39, 0.29) is 5.92 Å². The predicted octanol–water partition coefficient (Wildman–Crippen LogP) is 10.4. The van der Waals surface area contributed by atoms with Crippen LogP contribution in [0.3, 0.4) is 0 Å². The highest BCUT2D eigenvalue weighted by Gasteiger charge is 2.38. The van der Waals surface area contributed by atoms with Gasteiger partial charge in [-0.05, 0) is 116 Å². The summed E-state index contributed by atoms with van der Waals surface area (Å²) in [5.41, 5.74) is 10.9. The quantitative estimate of drug-likeness (QED) is 0.0917. The molecule has 0 radical (unpaired) electrons. The normalized spacial score (nSPS) is 15.1. The number of carbonyl (C=O) groups excluding carboxylic acids is 1. The van der Waals surface area contributed by atoms with Gasteiger partial charge in [-0.1, -0.05) is 65.1 Å². The van der Waals surface area contributed by atoms with E-state index < -0.39 is 12.1 Å². The minimum absolute atomic E-state index is 0.0438. The van der Waals surface area contributed by atoms with Gasteiger partial charge in [-0.15, -0.1) is 0 Å². The molecule has 1 saturated carbocycles. The summed E-state index contributed by atoms with van der Waals surface area (Å²) in [4.78, 5) is 26.3. The number of imidazole rings is 1. The number of alkyl halides is 3. The van der Waals surface area contributed by atoms with Gasteiger partial charge in [0.15, 0.2) is 6.29 Å². The number of benzene rings is 4. The van der Waals surface area contributed by atoms with E-state index in [2.05, 4.69) is 57.1 Å². The lowest BCUT2D eigenvalue weighted by Gasteiger charge is -2.33. The van der Waals surface area contributed by atoms with Crippen LogP contribution in [0.5, 0.6) is 0 Å². The Hall–Kier alpha value is -3.58. The lowest BCUT2D eigenvalue weighted by Crippen LogP contribution is -2.30. The number of rotatable bonds is 8. The van der Waals surface area contributed by atoms with Crippen LogP contribution in [0, 0.1) is 0 Å². The fourth-order valence-electron chi connectivity index (χ4n) is 6.21. The van der Waals surface area contributed by atoms with E-state index in [0.29, 0.717) is 22.5 Å². The molecule has 1 aliphatic heterocycles. The molecule has 0 amide bonds. The molecule has 7 nitrogen and oxygen atoms in total. The summed E-state index contributed by atoms with van der Waals surface area (Å²) in [7, 11) is 1.50. The molecule has 0 atom stereocenters. The number of aromatic nitrogens is 2. The SMILES string of the molecule is CN.O=C(O)C(F)(F)F.O=Cc1ccc(SN2CCC(n3c(C4CC4)nc4ccc(C(c5ccc(Cl)cc5)c5ccc(Cl)cc5)cc43)CC2)cc1Cl. The third-order valence-corrected chi connectivity index (χ3v) is 10.7. The van der Waals surface area contributed by atoms with Gasteiger partial charge in [-0.2, -0.15) is 13.2 Å². The number of hydrogen-bond acceptors (Lipinski definition) is 6. The fraction of sp³-hybridized carbons (Fsp3) is 0.289. The zero-order chi connectivity index (χ0) is 37.6. The van der Waals surface area contributed by atoms with Gasteiger partial charge >= 0.3 is 12.1 Å². The molecule has 2 aliphatic rings. The first-order chi connectivity index (χ1) is 24.9. The van der Waals surface area contributed by atoms with Crippen LogP contribution in [0.2, 0.25) is 15.1 Å². The number of halogens is 6. The Balaban J connectivity index is 0.000000522. The molecule has 0 bridgehead atoms. The van der Waals surface area contributed by atoms with Gasteiger partial charge in [-0.3, -0.25) is 4.79 Å². The highest BCUT2D eigenvalue weighted by molar-refractivity contribution is 7.97. The maximum Gasteiger partial charge on any atom is 0.490 e. The van der Waals surface area contributed by atoms with E-state index in [4.69, 9.17) is 49.7 Å². The molecular formula is C38H36Cl3F3N4O3S. The van der Waals surface area contributed by atoms with Gasteiger partial charge < -0.3 is 15.4 Å². The van der Waals surface area contributed by atoms with Gasteiger partial charge in [0.1, 0.15) is 5.82 Å². The number of nitrogens with two attached hydrogens (primary N) is 1. The lowest BCUT2D eigenvalue weighted by atomic mass is 9.85. The molecule has 274 valence electrons. The molecule has 2 fully saturated rings. The van der Waals surface area contributed by atoms with E-state index in [1.54, 1.807) is 18.0 Å². The van der Waals surface area contributed by atoms with Crippen LogP contribution >= 0.6 is 46.8 Å². The summed E-state index contributed by atoms with van der Waals surface area (Å²) >= 11 is 20.6. The number of carbonyl (C=O) groups is 2. The molecule has 5 aromatic rings. The number of hydrogen-bond donors (Lipinski definition) is 2. The van der Waals surface area contributed by atoms with Crippen LogP contribution in [0.25, 0.3) is 11.0 Å². The van der Waals surface area contributed by atoms with Crippen LogP contribution in [-0.2, 0) is 4.79 Å². The first kappa shape index (κ1) is 39.6. The van der Waals surface area contributed by atoms with Crippen molar-refractivity contribution in [2.75, 3.05) is 20.1 Å². The molecule has 7 rings (SSSR count). The molecule has 1 aliphatic carbocycles. The molecule has 2 heterocycles. The van der Waals surface area contributed by atoms with Crippen molar-refractivity contribution in [3.05, 3.63) is 128 Å². The highest BCUT2D eigenvalue weighted by Crippen LogP contribution is 2.44. The minimum Gasteiger partial charge on any atom is -0.475 e. The number of nitrogens with zero attached hydrogens (tertiary/aromatic N) is 3. The Labute approximate surface area is 319 Å². The van der Waals surface area contributed by atoms with Crippen molar-refractivity contribution in [3.8, 4) is 0 Å². The Kier molecular flexibility index (Phi) is 13.3. The number of piperidine rings is 1. The average molecular weight is 792 g/mol. The van der Waals surface area contributed by atoms with E-state index in [1.165, 1.54) is 47.9 Å². The van der Waals surface area contributed by atoms with Crippen molar-refractivity contribution in [2.45, 2.75) is 54.6 Å². The second-order valence-corrected chi connectivity index (χ2v) is 14.7. The van der Waals surface area contributed by atoms with Gasteiger partial charge in [-0.25, -0.2) is 14.1 Å². The topological polar surface area (TPSA) is 101 Å². The van der Waals surface area contributed by atoms with E-state index in [1.807, 2.05) is 36.4 Å². The van der Waals surface area contributed by atoms with Crippen molar-refractivity contribution in [2.24, 2.45) is 5.73 Å². The van der Waals surface area contributed by atoms with Gasteiger partial charge in [0.2, 0.25) is 0 Å². The molecule has 1 aromatic heterocycles. The van der Waals surface area contributed by atoms with Gasteiger partial charge in [0.25, 0.3) is 0 Å². The van der Waals surface area contributed by atoms with Crippen molar-refractivity contribution < 1.29 is 27.9 Å². The summed E-state index contributed by atoms with van der Waals surface area (Å²) in [5.74, 6) is -0.927. The Morgan fingerprint density at radius 2 is 1.40 bits per heavy atom. The first-order valence-electron chi connectivity index (χ1n) is 16.5. The second kappa shape index (κ2) is 17.5. The maximum atomic E-state index is 11.2. The standard InChI is InChI=1S/C35H30Cl3N3OS.C2HF3O2.CH5N/c36-27-9-3-22(4-10-27)34(23-5-11-28(37)12-6-23)25-8-14-32-33(19-25)41(35(39-32)24-1-2-24)29-15-17-40(18-16-29)43-30-13-7-26(21-42)31(38)20-30;3-2(4,5)1(6)7;1-2/h3-14,19-21,24,29,34H,1-2,15-18H2;(H,6,7);2H2,1H3. The average Bonchev–Trinajstić information content (AvgIpc) is 3.91. The summed E-state index contributed by atoms with van der Waals surface area (Å²) in [5, 5.41) is 9.08. The van der Waals surface area contributed by atoms with Gasteiger partial charge in [0.05, 0.1) is 16.1 Å². The molecule has 0 unspecified atom stereocenters. The molecule has 14 heteroatoms. The Morgan fingerprint density at radius 3 is 1.88 bits per heavy atom. The van der Waals surface area contributed by atoms with Crippen molar-refractivity contribution in [3.63, 3.8) is 0 Å². The first-order valence-corrected chi connectivity index (χ1v) is 18.4. The Morgan fingerprint density at radius 1 is 0.865 bits per heavy atom. The van der Waals surface area contributed by atoms with Crippen LogP contribution in [0.1, 0.15) is 76.4 Å². The molecule has 4 aromatic carbocycles. The largest absolute Gasteiger partial charge is 0.490 e. The van der Waals surface area contributed by atoms with Crippen LogP contribution in [0.4, 0.5) is 13.2 Å².